The number of likely N-dealkylation sites (tertiary alicyclic amines) is 1. The van der Waals surface area contributed by atoms with Crippen molar-refractivity contribution in [3.63, 3.8) is 0 Å². The Balaban J connectivity index is 0.995. The van der Waals surface area contributed by atoms with Crippen molar-refractivity contribution in [3.8, 4) is 0 Å². The Labute approximate surface area is 241 Å². The van der Waals surface area contributed by atoms with E-state index < -0.39 is 17.9 Å². The lowest BCUT2D eigenvalue weighted by Crippen LogP contribution is -2.66. The summed E-state index contributed by atoms with van der Waals surface area (Å²) in [7, 11) is 0. The molecule has 1 aromatic rings. The first-order chi connectivity index (χ1) is 19.7. The largest absolute Gasteiger partial charge is 0.477 e. The van der Waals surface area contributed by atoms with Crippen LogP contribution in [0, 0.1) is 23.2 Å². The number of carboxylic acids is 1. The standard InChI is InChI=1S/C26H35N9O5S/c1-12-20-19(13(2)30-18(36)8-33-11-29-31-32-33)24(38)35(20)21(25(39)40)22(12)41-16-4-17(28-7-16)23(37)34-10-26-5-15(34)3-14(26)6-27-9-26/h11-17,19-20,27-28H,3-10H2,1-2H3,(H,30,36)(H,39,40)/t12-,13-,14?,15-,16+,17?,19-,20-,26-/m1/s1. The van der Waals surface area contributed by atoms with Crippen molar-refractivity contribution in [2.75, 3.05) is 26.2 Å². The molecule has 0 aromatic carbocycles. The highest BCUT2D eigenvalue weighted by molar-refractivity contribution is 8.03. The van der Waals surface area contributed by atoms with Gasteiger partial charge in [-0.25, -0.2) is 9.48 Å². The molecule has 4 saturated heterocycles. The third-order valence-corrected chi connectivity index (χ3v) is 11.8. The van der Waals surface area contributed by atoms with Gasteiger partial charge in [0.05, 0.1) is 18.0 Å². The van der Waals surface area contributed by atoms with E-state index in [9.17, 15) is 24.3 Å². The predicted octanol–water partition coefficient (Wildman–Crippen LogP) is -1.38. The molecule has 0 radical (unpaired) electrons. The van der Waals surface area contributed by atoms with E-state index in [0.717, 1.165) is 32.5 Å². The number of nitrogens with one attached hydrogen (secondary N) is 3. The first-order valence-electron chi connectivity index (χ1n) is 14.4. The lowest BCUT2D eigenvalue weighted by Gasteiger charge is -2.47. The Hall–Kier alpha value is -3.04. The molecule has 7 rings (SSSR count). The number of amides is 3. The quantitative estimate of drug-likeness (QED) is 0.265. The molecule has 41 heavy (non-hydrogen) atoms. The van der Waals surface area contributed by atoms with E-state index in [2.05, 4.69) is 36.4 Å². The van der Waals surface area contributed by atoms with Crippen molar-refractivity contribution in [3.05, 3.63) is 16.9 Å². The number of carbonyl (C=O) groups is 4. The molecule has 6 heterocycles. The highest BCUT2D eigenvalue weighted by Crippen LogP contribution is 2.54. The molecule has 3 amide bonds. The first-order valence-corrected chi connectivity index (χ1v) is 15.3. The second-order valence-electron chi connectivity index (χ2n) is 12.6. The summed E-state index contributed by atoms with van der Waals surface area (Å²) in [5, 5.41) is 30.6. The van der Waals surface area contributed by atoms with E-state index in [1.54, 1.807) is 6.92 Å². The Kier molecular flexibility index (Phi) is 6.39. The summed E-state index contributed by atoms with van der Waals surface area (Å²) < 4.78 is 1.29. The normalized spacial score (nSPS) is 37.8. The van der Waals surface area contributed by atoms with Crippen molar-refractivity contribution in [1.29, 1.82) is 0 Å². The lowest BCUT2D eigenvalue weighted by molar-refractivity contribution is -0.158. The highest BCUT2D eigenvalue weighted by Gasteiger charge is 2.61. The van der Waals surface area contributed by atoms with Crippen LogP contribution >= 0.6 is 11.8 Å². The van der Waals surface area contributed by atoms with Crippen LogP contribution in [0.4, 0.5) is 0 Å². The molecule has 5 fully saturated rings. The minimum Gasteiger partial charge on any atom is -0.477 e. The molecular weight excluding hydrogens is 550 g/mol. The fraction of sp³-hybridized carbons (Fsp3) is 0.731. The van der Waals surface area contributed by atoms with E-state index in [1.807, 2.05) is 6.92 Å². The minimum atomic E-state index is -1.13. The molecule has 1 spiro atoms. The third-order valence-electron chi connectivity index (χ3n) is 10.2. The average Bonchev–Trinajstić information content (AvgIpc) is 3.75. The fourth-order valence-electron chi connectivity index (χ4n) is 8.37. The maximum absolute atomic E-state index is 13.5. The predicted molar refractivity (Wildman–Crippen MR) is 145 cm³/mol. The SMILES string of the molecule is C[C@@H](NC(=O)Cn1cnnn1)[C@H]1C(=O)N2C(C(=O)O)=C(S[C@@H]3CNC(C(=O)N4C[C@@]56CNCC5C[C@@H]4C6)C3)[C@H](C)[C@H]12. The van der Waals surface area contributed by atoms with E-state index >= 15 is 0 Å². The van der Waals surface area contributed by atoms with Crippen molar-refractivity contribution in [2.24, 2.45) is 23.2 Å². The maximum atomic E-state index is 13.5. The molecule has 14 nitrogen and oxygen atoms in total. The monoisotopic (exact) mass is 585 g/mol. The molecule has 1 aromatic heterocycles. The van der Waals surface area contributed by atoms with Gasteiger partial charge in [0.15, 0.2) is 0 Å². The molecular formula is C26H35N9O5S. The number of β-lactam (4-membered cyclic amide) rings is 1. The topological polar surface area (TPSA) is 175 Å². The molecule has 2 bridgehead atoms. The van der Waals surface area contributed by atoms with Crippen LogP contribution < -0.4 is 16.0 Å². The zero-order chi connectivity index (χ0) is 28.6. The van der Waals surface area contributed by atoms with Crippen LogP contribution in [0.2, 0.25) is 0 Å². The molecule has 220 valence electrons. The number of aliphatic carboxylic acids is 1. The Morgan fingerprint density at radius 1 is 1.29 bits per heavy atom. The number of tetrazole rings is 1. The summed E-state index contributed by atoms with van der Waals surface area (Å²) in [6, 6.07) is -0.780. The van der Waals surface area contributed by atoms with Crippen molar-refractivity contribution in [2.45, 2.75) is 69.1 Å². The summed E-state index contributed by atoms with van der Waals surface area (Å²) in [6.07, 6.45) is 4.13. The van der Waals surface area contributed by atoms with Gasteiger partial charge < -0.3 is 30.9 Å². The number of aromatic nitrogens is 4. The number of carboxylic acid groups (broad SMARTS) is 1. The summed E-state index contributed by atoms with van der Waals surface area (Å²) in [6.45, 7) is 7.13. The van der Waals surface area contributed by atoms with Crippen molar-refractivity contribution in [1.82, 2.24) is 46.0 Å². The number of hydrogen-bond donors (Lipinski definition) is 4. The van der Waals surface area contributed by atoms with E-state index in [1.165, 1.54) is 27.7 Å². The van der Waals surface area contributed by atoms with Crippen LogP contribution in [0.5, 0.6) is 0 Å². The van der Waals surface area contributed by atoms with Gasteiger partial charge in [-0.05, 0) is 49.1 Å². The molecule has 5 aliphatic heterocycles. The molecule has 15 heteroatoms. The van der Waals surface area contributed by atoms with Gasteiger partial charge in [0.1, 0.15) is 18.6 Å². The zero-order valence-electron chi connectivity index (χ0n) is 23.0. The first kappa shape index (κ1) is 26.8. The van der Waals surface area contributed by atoms with Crippen LogP contribution in [0.25, 0.3) is 0 Å². The highest BCUT2D eigenvalue weighted by atomic mass is 32.2. The smallest absolute Gasteiger partial charge is 0.353 e. The maximum Gasteiger partial charge on any atom is 0.353 e. The molecule has 4 N–H and O–H groups in total. The van der Waals surface area contributed by atoms with Gasteiger partial charge in [0, 0.05) is 53.2 Å². The Morgan fingerprint density at radius 2 is 2.12 bits per heavy atom. The van der Waals surface area contributed by atoms with Gasteiger partial charge in [0.25, 0.3) is 0 Å². The van der Waals surface area contributed by atoms with Gasteiger partial charge in [-0.3, -0.25) is 14.4 Å². The second kappa shape index (κ2) is 9.76. The average molecular weight is 586 g/mol. The van der Waals surface area contributed by atoms with Crippen molar-refractivity contribution >= 4 is 35.5 Å². The van der Waals surface area contributed by atoms with Crippen LogP contribution in [0.3, 0.4) is 0 Å². The zero-order valence-corrected chi connectivity index (χ0v) is 23.8. The summed E-state index contributed by atoms with van der Waals surface area (Å²) >= 11 is 1.48. The van der Waals surface area contributed by atoms with Gasteiger partial charge in [-0.2, -0.15) is 0 Å². The van der Waals surface area contributed by atoms with Crippen LogP contribution in [-0.2, 0) is 25.7 Å². The summed E-state index contributed by atoms with van der Waals surface area (Å²) in [5.41, 5.74) is 0.278. The fourth-order valence-corrected chi connectivity index (χ4v) is 9.85. The Bertz CT molecular complexity index is 1320. The van der Waals surface area contributed by atoms with Crippen LogP contribution in [-0.4, -0.2) is 114 Å². The van der Waals surface area contributed by atoms with Gasteiger partial charge in [-0.15, -0.1) is 16.9 Å². The van der Waals surface area contributed by atoms with Gasteiger partial charge >= 0.3 is 5.97 Å². The minimum absolute atomic E-state index is 0.0234. The second-order valence-corrected chi connectivity index (χ2v) is 13.9. The Morgan fingerprint density at radius 3 is 2.88 bits per heavy atom. The molecule has 9 atom stereocenters. The molecule has 1 saturated carbocycles. The van der Waals surface area contributed by atoms with Crippen LogP contribution in [0.15, 0.2) is 16.9 Å². The lowest BCUT2D eigenvalue weighted by atomic mass is 9.78. The summed E-state index contributed by atoms with van der Waals surface area (Å²) in [4.78, 5) is 55.8. The van der Waals surface area contributed by atoms with E-state index in [0.29, 0.717) is 29.8 Å². The molecule has 1 aliphatic carbocycles. The van der Waals surface area contributed by atoms with Crippen molar-refractivity contribution < 1.29 is 24.3 Å². The van der Waals surface area contributed by atoms with Crippen LogP contribution in [0.1, 0.15) is 33.1 Å². The van der Waals surface area contributed by atoms with Gasteiger partial charge in [-0.1, -0.05) is 6.92 Å². The number of piperidine rings is 1. The van der Waals surface area contributed by atoms with E-state index in [4.69, 9.17) is 0 Å². The number of rotatable bonds is 8. The molecule has 6 aliphatic rings. The van der Waals surface area contributed by atoms with E-state index in [-0.39, 0.29) is 58.6 Å². The number of nitrogens with zero attached hydrogens (tertiary/aromatic N) is 6. The molecule has 2 unspecified atom stereocenters. The number of fused-ring (bicyclic) bond motifs is 2. The number of hydrogen-bond acceptors (Lipinski definition) is 10. The number of carbonyl (C=O) groups excluding carboxylic acids is 3. The number of thioether (sulfide) groups is 1. The third kappa shape index (κ3) is 4.18. The summed E-state index contributed by atoms with van der Waals surface area (Å²) in [5.74, 6) is -1.66. The van der Waals surface area contributed by atoms with Gasteiger partial charge in [0.2, 0.25) is 17.7 Å².